The first-order valence-electron chi connectivity index (χ1n) is 18.5. The summed E-state index contributed by atoms with van der Waals surface area (Å²) in [7, 11) is 0. The van der Waals surface area contributed by atoms with Gasteiger partial charge in [0.15, 0.2) is 0 Å². The molecule has 0 amide bonds. The molecule has 4 heteroatoms. The van der Waals surface area contributed by atoms with E-state index in [4.69, 9.17) is 15.0 Å². The van der Waals surface area contributed by atoms with Gasteiger partial charge < -0.3 is 0 Å². The van der Waals surface area contributed by atoms with Gasteiger partial charge in [-0.2, -0.15) is 0 Å². The molecule has 3 nitrogen and oxygen atoms in total. The van der Waals surface area contributed by atoms with E-state index in [9.17, 15) is 0 Å². The fourth-order valence-corrected chi connectivity index (χ4v) is 9.09. The van der Waals surface area contributed by atoms with Crippen molar-refractivity contribution in [1.29, 1.82) is 0 Å². The summed E-state index contributed by atoms with van der Waals surface area (Å²) in [6.45, 7) is 0. The Morgan fingerprint density at radius 3 is 1.60 bits per heavy atom. The molecule has 4 heterocycles. The standard InChI is InChI=1S/C51H31N3S/c1-3-10-32(11-4-1)38-14-9-15-40(30-38)48-47-41-16-7-8-17-46(41)55-51(47)42-31-39(26-29-45(42)54-48)33-18-20-35(21-19-33)44-28-25-37-23-22-36-24-27-43(34-12-5-2-6-13-34)52-49(36)50(37)53-44/h1-31H. The molecule has 55 heavy (non-hydrogen) atoms. The average molecular weight is 718 g/mol. The molecule has 0 bridgehead atoms. The highest BCUT2D eigenvalue weighted by Crippen LogP contribution is 2.44. The molecule has 0 atom stereocenters. The molecule has 0 spiro atoms. The predicted molar refractivity (Wildman–Crippen MR) is 232 cm³/mol. The average Bonchev–Trinajstić information content (AvgIpc) is 3.66. The van der Waals surface area contributed by atoms with E-state index in [1.807, 2.05) is 29.5 Å². The lowest BCUT2D eigenvalue weighted by molar-refractivity contribution is 1.36. The summed E-state index contributed by atoms with van der Waals surface area (Å²) >= 11 is 1.85. The SMILES string of the molecule is c1ccc(-c2cccc(-c3nc4ccc(-c5ccc(-c6ccc7ccc8ccc(-c9ccccc9)nc8c7n6)cc5)cc4c4sc5ccccc5c34)c2)cc1. The van der Waals surface area contributed by atoms with E-state index < -0.39 is 0 Å². The second kappa shape index (κ2) is 12.8. The van der Waals surface area contributed by atoms with Crippen molar-refractivity contribution in [1.82, 2.24) is 15.0 Å². The number of pyridine rings is 3. The highest BCUT2D eigenvalue weighted by Gasteiger charge is 2.18. The molecule has 4 aromatic heterocycles. The van der Waals surface area contributed by atoms with E-state index in [0.717, 1.165) is 72.2 Å². The molecule has 0 aliphatic rings. The van der Waals surface area contributed by atoms with Crippen molar-refractivity contribution in [2.45, 2.75) is 0 Å². The largest absolute Gasteiger partial charge is 0.247 e. The number of hydrogen-bond donors (Lipinski definition) is 0. The molecule has 0 radical (unpaired) electrons. The summed E-state index contributed by atoms with van der Waals surface area (Å²) in [5.74, 6) is 0. The molecule has 0 fully saturated rings. The lowest BCUT2D eigenvalue weighted by Crippen LogP contribution is -1.91. The van der Waals surface area contributed by atoms with Crippen molar-refractivity contribution in [3.8, 4) is 56.0 Å². The van der Waals surface area contributed by atoms with Crippen LogP contribution in [0.4, 0.5) is 0 Å². The van der Waals surface area contributed by atoms with Gasteiger partial charge in [0, 0.05) is 53.0 Å². The van der Waals surface area contributed by atoms with Gasteiger partial charge in [0.05, 0.1) is 33.6 Å². The first kappa shape index (κ1) is 31.5. The smallest absolute Gasteiger partial charge is 0.0972 e. The van der Waals surface area contributed by atoms with Gasteiger partial charge in [-0.1, -0.05) is 152 Å². The quantitative estimate of drug-likeness (QED) is 0.166. The van der Waals surface area contributed by atoms with Crippen molar-refractivity contribution in [2.75, 3.05) is 0 Å². The molecule has 0 saturated carbocycles. The number of nitrogens with zero attached hydrogens (tertiary/aromatic N) is 3. The summed E-state index contributed by atoms with van der Waals surface area (Å²) in [6.07, 6.45) is 0. The number of thiophene rings is 1. The van der Waals surface area contributed by atoms with Crippen LogP contribution in [0, 0.1) is 0 Å². The number of hydrogen-bond acceptors (Lipinski definition) is 4. The van der Waals surface area contributed by atoms with Crippen LogP contribution in [-0.2, 0) is 0 Å². The Bertz CT molecular complexity index is 3240. The van der Waals surface area contributed by atoms with Gasteiger partial charge in [-0.3, -0.25) is 0 Å². The van der Waals surface area contributed by atoms with E-state index in [0.29, 0.717) is 0 Å². The first-order valence-corrected chi connectivity index (χ1v) is 19.3. The van der Waals surface area contributed by atoms with Crippen LogP contribution in [0.15, 0.2) is 188 Å². The predicted octanol–water partition coefficient (Wildman–Crippen LogP) is 14.0. The van der Waals surface area contributed by atoms with Gasteiger partial charge in [-0.25, -0.2) is 15.0 Å². The third-order valence-corrected chi connectivity index (χ3v) is 11.9. The first-order chi connectivity index (χ1) is 27.2. The van der Waals surface area contributed by atoms with Crippen LogP contribution in [-0.4, -0.2) is 15.0 Å². The van der Waals surface area contributed by atoms with Crippen molar-refractivity contribution in [3.05, 3.63) is 188 Å². The summed E-state index contributed by atoms with van der Waals surface area (Å²) in [5.41, 5.74) is 13.7. The summed E-state index contributed by atoms with van der Waals surface area (Å²) < 4.78 is 2.53. The monoisotopic (exact) mass is 717 g/mol. The lowest BCUT2D eigenvalue weighted by atomic mass is 9.97. The van der Waals surface area contributed by atoms with Crippen LogP contribution >= 0.6 is 11.3 Å². The molecule has 0 N–H and O–H groups in total. The van der Waals surface area contributed by atoms with Gasteiger partial charge in [0.2, 0.25) is 0 Å². The number of rotatable bonds is 5. The second-order valence-electron chi connectivity index (χ2n) is 14.0. The van der Waals surface area contributed by atoms with Crippen molar-refractivity contribution >= 4 is 64.2 Å². The molecule has 11 aromatic rings. The summed E-state index contributed by atoms with van der Waals surface area (Å²) in [5, 5.41) is 5.79. The minimum absolute atomic E-state index is 0.914. The Morgan fingerprint density at radius 1 is 0.345 bits per heavy atom. The van der Waals surface area contributed by atoms with Crippen molar-refractivity contribution in [3.63, 3.8) is 0 Å². The van der Waals surface area contributed by atoms with Gasteiger partial charge in [0.1, 0.15) is 0 Å². The Hall–Kier alpha value is -7.01. The van der Waals surface area contributed by atoms with Gasteiger partial charge in [0.25, 0.3) is 0 Å². The molecular weight excluding hydrogens is 687 g/mol. The maximum Gasteiger partial charge on any atom is 0.0972 e. The molecule has 256 valence electrons. The number of fused-ring (bicyclic) bond motifs is 8. The normalized spacial score (nSPS) is 11.6. The minimum Gasteiger partial charge on any atom is -0.247 e. The lowest BCUT2D eigenvalue weighted by Gasteiger charge is -2.11. The maximum absolute atomic E-state index is 5.38. The Balaban J connectivity index is 0.992. The molecule has 11 rings (SSSR count). The van der Waals surface area contributed by atoms with Gasteiger partial charge in [-0.05, 0) is 58.7 Å². The van der Waals surface area contributed by atoms with Gasteiger partial charge in [-0.15, -0.1) is 11.3 Å². The Labute approximate surface area is 321 Å². The molecular formula is C51H31N3S. The minimum atomic E-state index is 0.914. The van der Waals surface area contributed by atoms with Crippen LogP contribution in [0.3, 0.4) is 0 Å². The zero-order valence-corrected chi connectivity index (χ0v) is 30.5. The molecule has 0 aliphatic heterocycles. The van der Waals surface area contributed by atoms with Crippen LogP contribution < -0.4 is 0 Å². The molecule has 0 saturated heterocycles. The van der Waals surface area contributed by atoms with Crippen molar-refractivity contribution in [2.24, 2.45) is 0 Å². The Morgan fingerprint density at radius 2 is 0.873 bits per heavy atom. The third-order valence-electron chi connectivity index (χ3n) is 10.7. The second-order valence-corrected chi connectivity index (χ2v) is 15.0. The van der Waals surface area contributed by atoms with E-state index in [1.54, 1.807) is 0 Å². The van der Waals surface area contributed by atoms with Crippen LogP contribution in [0.2, 0.25) is 0 Å². The fourth-order valence-electron chi connectivity index (χ4n) is 7.86. The van der Waals surface area contributed by atoms with Gasteiger partial charge >= 0.3 is 0 Å². The topological polar surface area (TPSA) is 38.7 Å². The van der Waals surface area contributed by atoms with E-state index in [-0.39, 0.29) is 0 Å². The van der Waals surface area contributed by atoms with Crippen LogP contribution in [0.5, 0.6) is 0 Å². The summed E-state index contributed by atoms with van der Waals surface area (Å²) in [6, 6.07) is 66.6. The number of benzene rings is 7. The van der Waals surface area contributed by atoms with Crippen molar-refractivity contribution < 1.29 is 0 Å². The van der Waals surface area contributed by atoms with E-state index in [2.05, 4.69) is 170 Å². The highest BCUT2D eigenvalue weighted by atomic mass is 32.1. The summed E-state index contributed by atoms with van der Waals surface area (Å²) in [4.78, 5) is 15.7. The van der Waals surface area contributed by atoms with E-state index in [1.165, 1.54) is 36.7 Å². The van der Waals surface area contributed by atoms with Crippen LogP contribution in [0.1, 0.15) is 0 Å². The zero-order chi connectivity index (χ0) is 36.3. The van der Waals surface area contributed by atoms with E-state index >= 15 is 0 Å². The maximum atomic E-state index is 5.38. The highest BCUT2D eigenvalue weighted by molar-refractivity contribution is 7.26. The number of aromatic nitrogens is 3. The molecule has 0 aliphatic carbocycles. The van der Waals surface area contributed by atoms with Crippen LogP contribution in [0.25, 0.3) is 109 Å². The zero-order valence-electron chi connectivity index (χ0n) is 29.6. The third kappa shape index (κ3) is 5.46. The molecule has 7 aromatic carbocycles. The Kier molecular flexibility index (Phi) is 7.35. The fraction of sp³-hybridized carbons (Fsp3) is 0. The molecule has 0 unspecified atom stereocenters.